The Morgan fingerprint density at radius 1 is 1.04 bits per heavy atom. The summed E-state index contributed by atoms with van der Waals surface area (Å²) < 4.78 is 33.7. The number of anilines is 1. The molecule has 0 radical (unpaired) electrons. The fourth-order valence-corrected chi connectivity index (χ4v) is 6.39. The number of piperidine rings is 1. The van der Waals surface area contributed by atoms with E-state index in [-0.39, 0.29) is 10.6 Å². The molecular formula is C19H27N3O5S. The number of rotatable bonds is 5. The Morgan fingerprint density at radius 2 is 1.75 bits per heavy atom. The van der Waals surface area contributed by atoms with Gasteiger partial charge in [-0.25, -0.2) is 8.42 Å². The summed E-state index contributed by atoms with van der Waals surface area (Å²) in [6.07, 6.45) is 6.11. The van der Waals surface area contributed by atoms with Crippen molar-refractivity contribution in [3.05, 3.63) is 28.3 Å². The lowest BCUT2D eigenvalue weighted by Crippen LogP contribution is -2.39. The standard InChI is InChI=1S/C19H27N3O5S/c23-22(24)16-5-6-17(19(14-16)28(25,26)21-9-1-2-10-21)20-11-7-15(8-12-20)18-4-3-13-27-18/h5-6,14-15,18H,1-4,7-13H2. The summed E-state index contributed by atoms with van der Waals surface area (Å²) in [5.74, 6) is 0.510. The maximum atomic E-state index is 13.2. The molecule has 0 N–H and O–H groups in total. The van der Waals surface area contributed by atoms with Gasteiger partial charge in [0.2, 0.25) is 10.0 Å². The Labute approximate surface area is 165 Å². The van der Waals surface area contributed by atoms with Crippen LogP contribution in [0.25, 0.3) is 0 Å². The average molecular weight is 410 g/mol. The fraction of sp³-hybridized carbons (Fsp3) is 0.684. The molecule has 28 heavy (non-hydrogen) atoms. The van der Waals surface area contributed by atoms with E-state index in [1.165, 1.54) is 16.4 Å². The molecular weight excluding hydrogens is 382 g/mol. The lowest BCUT2D eigenvalue weighted by Gasteiger charge is -2.36. The van der Waals surface area contributed by atoms with E-state index >= 15 is 0 Å². The van der Waals surface area contributed by atoms with Gasteiger partial charge >= 0.3 is 0 Å². The first kappa shape index (κ1) is 19.6. The Kier molecular flexibility index (Phi) is 5.57. The number of hydrogen-bond acceptors (Lipinski definition) is 6. The van der Waals surface area contributed by atoms with Crippen molar-refractivity contribution in [2.75, 3.05) is 37.7 Å². The maximum absolute atomic E-state index is 13.2. The summed E-state index contributed by atoms with van der Waals surface area (Å²) in [5.41, 5.74) is 0.402. The van der Waals surface area contributed by atoms with Crippen LogP contribution in [-0.2, 0) is 14.8 Å². The Balaban J connectivity index is 1.60. The molecule has 1 unspecified atom stereocenters. The fourth-order valence-electron chi connectivity index (χ4n) is 4.64. The maximum Gasteiger partial charge on any atom is 0.270 e. The van der Waals surface area contributed by atoms with Crippen molar-refractivity contribution in [3.63, 3.8) is 0 Å². The van der Waals surface area contributed by atoms with Gasteiger partial charge in [0.1, 0.15) is 4.90 Å². The van der Waals surface area contributed by atoms with Crippen LogP contribution in [0.1, 0.15) is 38.5 Å². The number of non-ortho nitro benzene ring substituents is 1. The molecule has 3 aliphatic heterocycles. The van der Waals surface area contributed by atoms with Crippen LogP contribution in [-0.4, -0.2) is 56.5 Å². The zero-order chi connectivity index (χ0) is 19.7. The van der Waals surface area contributed by atoms with Crippen LogP contribution >= 0.6 is 0 Å². The van der Waals surface area contributed by atoms with E-state index in [0.29, 0.717) is 30.8 Å². The summed E-state index contributed by atoms with van der Waals surface area (Å²) in [5, 5.41) is 11.2. The highest BCUT2D eigenvalue weighted by Gasteiger charge is 2.35. The molecule has 0 aliphatic carbocycles. The summed E-state index contributed by atoms with van der Waals surface area (Å²) in [7, 11) is -3.74. The second kappa shape index (κ2) is 7.96. The molecule has 3 fully saturated rings. The van der Waals surface area contributed by atoms with Crippen molar-refractivity contribution < 1.29 is 18.1 Å². The van der Waals surface area contributed by atoms with E-state index in [1.807, 2.05) is 0 Å². The molecule has 0 amide bonds. The smallest absolute Gasteiger partial charge is 0.270 e. The summed E-state index contributed by atoms with van der Waals surface area (Å²) in [6.45, 7) is 3.28. The first-order chi connectivity index (χ1) is 13.5. The van der Waals surface area contributed by atoms with Gasteiger partial charge in [0.05, 0.1) is 16.7 Å². The van der Waals surface area contributed by atoms with Crippen LogP contribution in [0.4, 0.5) is 11.4 Å². The highest BCUT2D eigenvalue weighted by atomic mass is 32.2. The third-order valence-corrected chi connectivity index (χ3v) is 8.14. The first-order valence-corrected chi connectivity index (χ1v) is 11.6. The minimum absolute atomic E-state index is 0.0687. The largest absolute Gasteiger partial charge is 0.378 e. The lowest BCUT2D eigenvalue weighted by molar-refractivity contribution is -0.385. The van der Waals surface area contributed by atoms with Crippen molar-refractivity contribution >= 4 is 21.4 Å². The molecule has 1 aromatic rings. The average Bonchev–Trinajstić information content (AvgIpc) is 3.42. The molecule has 1 aromatic carbocycles. The summed E-state index contributed by atoms with van der Waals surface area (Å²) in [6, 6.07) is 4.24. The van der Waals surface area contributed by atoms with Crippen LogP contribution in [0.15, 0.2) is 23.1 Å². The van der Waals surface area contributed by atoms with Crippen molar-refractivity contribution in [2.45, 2.75) is 49.5 Å². The number of hydrogen-bond donors (Lipinski definition) is 0. The number of sulfonamides is 1. The van der Waals surface area contributed by atoms with Crippen molar-refractivity contribution in [1.29, 1.82) is 0 Å². The van der Waals surface area contributed by atoms with Gasteiger partial charge in [-0.2, -0.15) is 4.31 Å². The van der Waals surface area contributed by atoms with E-state index < -0.39 is 14.9 Å². The number of nitro benzene ring substituents is 1. The predicted molar refractivity (Wildman–Crippen MR) is 105 cm³/mol. The van der Waals surface area contributed by atoms with E-state index in [9.17, 15) is 18.5 Å². The predicted octanol–water partition coefficient (Wildman–Crippen LogP) is 2.77. The van der Waals surface area contributed by atoms with Crippen molar-refractivity contribution in [1.82, 2.24) is 4.31 Å². The van der Waals surface area contributed by atoms with Crippen LogP contribution in [0, 0.1) is 16.0 Å². The number of nitrogens with zero attached hydrogens (tertiary/aromatic N) is 3. The third-order valence-electron chi connectivity index (χ3n) is 6.21. The zero-order valence-corrected chi connectivity index (χ0v) is 16.8. The second-order valence-electron chi connectivity index (χ2n) is 7.90. The SMILES string of the molecule is O=[N+]([O-])c1ccc(N2CCC(C3CCCO3)CC2)c(S(=O)(=O)N2CCCC2)c1. The van der Waals surface area contributed by atoms with Gasteiger partial charge in [0.25, 0.3) is 5.69 Å². The summed E-state index contributed by atoms with van der Waals surface area (Å²) >= 11 is 0. The van der Waals surface area contributed by atoms with E-state index in [1.54, 1.807) is 6.07 Å². The van der Waals surface area contributed by atoms with Gasteiger partial charge in [-0.3, -0.25) is 10.1 Å². The Bertz CT molecular complexity index is 824. The van der Waals surface area contributed by atoms with Crippen LogP contribution in [0.5, 0.6) is 0 Å². The quantitative estimate of drug-likeness (QED) is 0.548. The van der Waals surface area contributed by atoms with Gasteiger partial charge < -0.3 is 9.64 Å². The van der Waals surface area contributed by atoms with E-state index in [4.69, 9.17) is 4.74 Å². The molecule has 8 nitrogen and oxygen atoms in total. The zero-order valence-electron chi connectivity index (χ0n) is 16.0. The number of benzene rings is 1. The normalized spacial score (nSPS) is 24.7. The topological polar surface area (TPSA) is 93.0 Å². The monoisotopic (exact) mass is 409 g/mol. The first-order valence-electron chi connectivity index (χ1n) is 10.1. The Hall–Kier alpha value is -1.71. The highest BCUT2D eigenvalue weighted by molar-refractivity contribution is 7.89. The molecule has 1 atom stereocenters. The van der Waals surface area contributed by atoms with E-state index in [0.717, 1.165) is 58.2 Å². The summed E-state index contributed by atoms with van der Waals surface area (Å²) in [4.78, 5) is 12.9. The van der Waals surface area contributed by atoms with E-state index in [2.05, 4.69) is 4.90 Å². The molecule has 0 saturated carbocycles. The van der Waals surface area contributed by atoms with Crippen LogP contribution in [0.2, 0.25) is 0 Å². The van der Waals surface area contributed by atoms with Crippen LogP contribution in [0.3, 0.4) is 0 Å². The van der Waals surface area contributed by atoms with Gasteiger partial charge in [0, 0.05) is 44.9 Å². The van der Waals surface area contributed by atoms with Crippen molar-refractivity contribution in [2.24, 2.45) is 5.92 Å². The Morgan fingerprint density at radius 3 is 2.36 bits per heavy atom. The molecule has 3 saturated heterocycles. The highest BCUT2D eigenvalue weighted by Crippen LogP contribution is 2.36. The molecule has 4 rings (SSSR count). The molecule has 3 heterocycles. The number of nitro groups is 1. The minimum Gasteiger partial charge on any atom is -0.378 e. The molecule has 9 heteroatoms. The number of ether oxygens (including phenoxy) is 1. The van der Waals surface area contributed by atoms with Crippen molar-refractivity contribution in [3.8, 4) is 0 Å². The van der Waals surface area contributed by atoms with Crippen LogP contribution < -0.4 is 4.90 Å². The minimum atomic E-state index is -3.74. The van der Waals surface area contributed by atoms with Gasteiger partial charge in [0.15, 0.2) is 0 Å². The van der Waals surface area contributed by atoms with Gasteiger partial charge in [-0.15, -0.1) is 0 Å². The molecule has 0 bridgehead atoms. The third kappa shape index (κ3) is 3.75. The van der Waals surface area contributed by atoms with Gasteiger partial charge in [-0.05, 0) is 50.5 Å². The second-order valence-corrected chi connectivity index (χ2v) is 9.80. The molecule has 154 valence electrons. The van der Waals surface area contributed by atoms with Gasteiger partial charge in [-0.1, -0.05) is 0 Å². The molecule has 0 spiro atoms. The molecule has 0 aromatic heterocycles. The lowest BCUT2D eigenvalue weighted by atomic mass is 9.89. The molecule has 3 aliphatic rings.